The zero-order valence-electron chi connectivity index (χ0n) is 18.0. The minimum Gasteiger partial charge on any atom is -0.350 e. The number of nitrogens with zero attached hydrogens (tertiary/aromatic N) is 2. The molecule has 0 saturated carbocycles. The summed E-state index contributed by atoms with van der Waals surface area (Å²) < 4.78 is 27.6. The topological polar surface area (TPSA) is 110 Å². The molecule has 0 aliphatic rings. The van der Waals surface area contributed by atoms with Crippen molar-refractivity contribution >= 4 is 38.1 Å². The van der Waals surface area contributed by atoms with Gasteiger partial charge in [0.1, 0.15) is 6.54 Å². The first-order chi connectivity index (χ1) is 16.4. The number of benzene rings is 4. The Kier molecular flexibility index (Phi) is 6.55. The largest absolute Gasteiger partial charge is 0.350 e. The molecular formula is C25H21N3O5S. The Morgan fingerprint density at radius 3 is 2.32 bits per heavy atom. The normalized spacial score (nSPS) is 11.2. The predicted molar refractivity (Wildman–Crippen MR) is 130 cm³/mol. The summed E-state index contributed by atoms with van der Waals surface area (Å²) in [6, 6.07) is 26.3. The van der Waals surface area contributed by atoms with Crippen molar-refractivity contribution < 1.29 is 18.1 Å². The van der Waals surface area contributed by atoms with Crippen LogP contribution in [-0.4, -0.2) is 25.8 Å². The second-order valence-electron chi connectivity index (χ2n) is 7.52. The maximum Gasteiger partial charge on any atom is 0.271 e. The van der Waals surface area contributed by atoms with Gasteiger partial charge in [-0.2, -0.15) is 0 Å². The lowest BCUT2D eigenvalue weighted by Crippen LogP contribution is -2.40. The lowest BCUT2D eigenvalue weighted by Gasteiger charge is -2.24. The summed E-state index contributed by atoms with van der Waals surface area (Å²) in [6.45, 7) is -0.336. The summed E-state index contributed by atoms with van der Waals surface area (Å²) >= 11 is 0. The molecule has 9 heteroatoms. The first-order valence-corrected chi connectivity index (χ1v) is 11.9. The Bertz CT molecular complexity index is 1450. The van der Waals surface area contributed by atoms with Crippen LogP contribution in [0.25, 0.3) is 10.8 Å². The number of amides is 1. The number of non-ortho nitro benzene ring substituents is 1. The van der Waals surface area contributed by atoms with Gasteiger partial charge in [0.2, 0.25) is 5.91 Å². The number of hydrogen-bond acceptors (Lipinski definition) is 5. The van der Waals surface area contributed by atoms with Gasteiger partial charge in [-0.3, -0.25) is 19.2 Å². The molecule has 1 amide bonds. The predicted octanol–water partition coefficient (Wildman–Crippen LogP) is 4.26. The van der Waals surface area contributed by atoms with Crippen molar-refractivity contribution in [3.8, 4) is 0 Å². The summed E-state index contributed by atoms with van der Waals surface area (Å²) in [4.78, 5) is 23.5. The summed E-state index contributed by atoms with van der Waals surface area (Å²) in [5.41, 5.74) is 0.638. The van der Waals surface area contributed by atoms with Crippen molar-refractivity contribution in [2.24, 2.45) is 0 Å². The number of nitro benzene ring substituents is 1. The SMILES string of the molecule is O=C(CN(c1cccc([N+](=O)[O-])c1)S(=O)(=O)c1ccccc1)NCc1cccc2ccccc12. The monoisotopic (exact) mass is 475 g/mol. The number of carbonyl (C=O) groups is 1. The van der Waals surface area contributed by atoms with Gasteiger partial charge in [0, 0.05) is 18.7 Å². The molecule has 0 saturated heterocycles. The molecule has 0 aromatic heterocycles. The summed E-state index contributed by atoms with van der Waals surface area (Å²) in [6.07, 6.45) is 0. The van der Waals surface area contributed by atoms with Crippen molar-refractivity contribution in [2.75, 3.05) is 10.8 Å². The van der Waals surface area contributed by atoms with Crippen LogP contribution in [-0.2, 0) is 21.4 Å². The molecule has 4 aromatic rings. The Morgan fingerprint density at radius 1 is 0.882 bits per heavy atom. The van der Waals surface area contributed by atoms with E-state index in [1.54, 1.807) is 18.2 Å². The van der Waals surface area contributed by atoms with E-state index in [4.69, 9.17) is 0 Å². The van der Waals surface area contributed by atoms with E-state index >= 15 is 0 Å². The van der Waals surface area contributed by atoms with Gasteiger partial charge >= 0.3 is 0 Å². The van der Waals surface area contributed by atoms with Gasteiger partial charge in [0.15, 0.2) is 0 Å². The van der Waals surface area contributed by atoms with Gasteiger partial charge in [-0.05, 0) is 34.5 Å². The van der Waals surface area contributed by atoms with Gasteiger partial charge in [-0.25, -0.2) is 8.42 Å². The fourth-order valence-corrected chi connectivity index (χ4v) is 5.06. The molecule has 0 fully saturated rings. The van der Waals surface area contributed by atoms with Crippen LogP contribution in [0.15, 0.2) is 102 Å². The molecule has 0 atom stereocenters. The van der Waals surface area contributed by atoms with E-state index in [9.17, 15) is 23.3 Å². The highest BCUT2D eigenvalue weighted by atomic mass is 32.2. The average molecular weight is 476 g/mol. The second kappa shape index (κ2) is 9.72. The van der Waals surface area contributed by atoms with Crippen LogP contribution in [0.4, 0.5) is 11.4 Å². The quantitative estimate of drug-likeness (QED) is 0.302. The minimum atomic E-state index is -4.16. The third-order valence-electron chi connectivity index (χ3n) is 5.30. The van der Waals surface area contributed by atoms with Gasteiger partial charge in [0.25, 0.3) is 15.7 Å². The van der Waals surface area contributed by atoms with Crippen LogP contribution in [0.1, 0.15) is 5.56 Å². The van der Waals surface area contributed by atoms with Gasteiger partial charge in [-0.1, -0.05) is 66.7 Å². The summed E-state index contributed by atoms with van der Waals surface area (Å²) in [5, 5.41) is 16.0. The molecule has 0 bridgehead atoms. The molecule has 0 aliphatic heterocycles. The van der Waals surface area contributed by atoms with Crippen molar-refractivity contribution in [1.29, 1.82) is 0 Å². The molecule has 0 spiro atoms. The first kappa shape index (κ1) is 22.9. The van der Waals surface area contributed by atoms with Crippen LogP contribution >= 0.6 is 0 Å². The third-order valence-corrected chi connectivity index (χ3v) is 7.09. The number of nitro groups is 1. The van der Waals surface area contributed by atoms with Crippen LogP contribution in [0.3, 0.4) is 0 Å². The van der Waals surface area contributed by atoms with Crippen LogP contribution in [0.2, 0.25) is 0 Å². The summed E-state index contributed by atoms with van der Waals surface area (Å²) in [5.74, 6) is -0.543. The minimum absolute atomic E-state index is 0.0247. The van der Waals surface area contributed by atoms with Crippen LogP contribution in [0.5, 0.6) is 0 Å². The number of hydrogen-bond donors (Lipinski definition) is 1. The second-order valence-corrected chi connectivity index (χ2v) is 9.38. The molecule has 0 unspecified atom stereocenters. The number of anilines is 1. The van der Waals surface area contributed by atoms with Gasteiger partial charge < -0.3 is 5.32 Å². The molecule has 172 valence electrons. The zero-order valence-corrected chi connectivity index (χ0v) is 18.8. The van der Waals surface area contributed by atoms with Gasteiger partial charge in [0.05, 0.1) is 15.5 Å². The van der Waals surface area contributed by atoms with Crippen LogP contribution in [0, 0.1) is 10.1 Å². The van der Waals surface area contributed by atoms with E-state index < -0.39 is 27.4 Å². The molecule has 4 rings (SSSR count). The van der Waals surface area contributed by atoms with E-state index in [2.05, 4.69) is 5.32 Å². The smallest absolute Gasteiger partial charge is 0.271 e. The van der Waals surface area contributed by atoms with Crippen LogP contribution < -0.4 is 9.62 Å². The van der Waals surface area contributed by atoms with Crippen molar-refractivity contribution in [3.05, 3.63) is 113 Å². The first-order valence-electron chi connectivity index (χ1n) is 10.4. The molecule has 0 aliphatic carbocycles. The highest BCUT2D eigenvalue weighted by molar-refractivity contribution is 7.92. The van der Waals surface area contributed by atoms with Crippen molar-refractivity contribution in [2.45, 2.75) is 11.4 Å². The number of carbonyl (C=O) groups excluding carboxylic acids is 1. The maximum absolute atomic E-state index is 13.4. The highest BCUT2D eigenvalue weighted by Crippen LogP contribution is 2.27. The van der Waals surface area contributed by atoms with E-state index in [0.29, 0.717) is 0 Å². The van der Waals surface area contributed by atoms with E-state index in [-0.39, 0.29) is 22.8 Å². The van der Waals surface area contributed by atoms with E-state index in [1.807, 2.05) is 42.5 Å². The maximum atomic E-state index is 13.4. The lowest BCUT2D eigenvalue weighted by atomic mass is 10.0. The molecule has 8 nitrogen and oxygen atoms in total. The average Bonchev–Trinajstić information content (AvgIpc) is 2.86. The van der Waals surface area contributed by atoms with Crippen molar-refractivity contribution in [3.63, 3.8) is 0 Å². The Balaban J connectivity index is 1.62. The Morgan fingerprint density at radius 2 is 1.56 bits per heavy atom. The molecule has 0 heterocycles. The van der Waals surface area contributed by atoms with Gasteiger partial charge in [-0.15, -0.1) is 0 Å². The molecule has 34 heavy (non-hydrogen) atoms. The molecule has 0 radical (unpaired) electrons. The standard InChI is InChI=1S/C25H21N3O5S/c29-25(26-17-20-10-6-9-19-8-4-5-15-24(19)20)18-27(21-11-7-12-22(16-21)28(30)31)34(32,33)23-13-2-1-3-14-23/h1-16H,17-18H2,(H,26,29). The fourth-order valence-electron chi connectivity index (χ4n) is 3.62. The number of nitrogens with one attached hydrogen (secondary N) is 1. The zero-order chi connectivity index (χ0) is 24.1. The molecule has 1 N–H and O–H groups in total. The van der Waals surface area contributed by atoms with Crippen molar-refractivity contribution in [1.82, 2.24) is 5.32 Å². The fraction of sp³-hybridized carbons (Fsp3) is 0.0800. The number of fused-ring (bicyclic) bond motifs is 1. The Labute approximate surface area is 196 Å². The van der Waals surface area contributed by atoms with E-state index in [1.165, 1.54) is 30.3 Å². The molecular weight excluding hydrogens is 454 g/mol. The third kappa shape index (κ3) is 4.89. The van der Waals surface area contributed by atoms with E-state index in [0.717, 1.165) is 26.7 Å². The molecule has 4 aromatic carbocycles. The number of sulfonamides is 1. The summed E-state index contributed by atoms with van der Waals surface area (Å²) in [7, 11) is -4.16. The highest BCUT2D eigenvalue weighted by Gasteiger charge is 2.28. The lowest BCUT2D eigenvalue weighted by molar-refractivity contribution is -0.384. The number of rotatable bonds is 8. The Hall–Kier alpha value is -4.24.